The largest absolute Gasteiger partial charge is 0.494 e. The maximum atomic E-state index is 12.7. The SMILES string of the molecule is CCOc1ccc(C(=O)C[S+](C)(=O)c2ccccc2)cc1. The van der Waals surface area contributed by atoms with E-state index in [-0.39, 0.29) is 11.5 Å². The van der Waals surface area contributed by atoms with Crippen molar-refractivity contribution in [2.45, 2.75) is 11.8 Å². The molecule has 0 fully saturated rings. The highest BCUT2D eigenvalue weighted by Crippen LogP contribution is 2.19. The second kappa shape index (κ2) is 6.68. The van der Waals surface area contributed by atoms with Crippen molar-refractivity contribution in [3.05, 3.63) is 60.2 Å². The van der Waals surface area contributed by atoms with Gasteiger partial charge in [-0.1, -0.05) is 22.4 Å². The lowest BCUT2D eigenvalue weighted by Gasteiger charge is -2.07. The molecule has 3 nitrogen and oxygen atoms in total. The summed E-state index contributed by atoms with van der Waals surface area (Å²) in [6, 6.07) is 16.1. The maximum Gasteiger partial charge on any atom is 0.212 e. The predicted octanol–water partition coefficient (Wildman–Crippen LogP) is 3.46. The van der Waals surface area contributed by atoms with Crippen molar-refractivity contribution in [2.24, 2.45) is 0 Å². The Labute approximate surface area is 126 Å². The van der Waals surface area contributed by atoms with Crippen LogP contribution in [0.1, 0.15) is 17.3 Å². The van der Waals surface area contributed by atoms with Crippen LogP contribution in [-0.4, -0.2) is 24.4 Å². The molecule has 0 amide bonds. The molecule has 0 aliphatic carbocycles. The van der Waals surface area contributed by atoms with Gasteiger partial charge in [-0.2, -0.15) is 0 Å². The number of carbonyl (C=O) groups excluding carboxylic acids is 1. The van der Waals surface area contributed by atoms with E-state index in [0.717, 1.165) is 5.75 Å². The van der Waals surface area contributed by atoms with Gasteiger partial charge in [-0.05, 0) is 43.3 Å². The van der Waals surface area contributed by atoms with Crippen molar-refractivity contribution in [1.82, 2.24) is 0 Å². The van der Waals surface area contributed by atoms with Gasteiger partial charge in [-0.15, -0.1) is 0 Å². The first-order valence-corrected chi connectivity index (χ1v) is 8.94. The normalized spacial score (nSPS) is 13.4. The highest BCUT2D eigenvalue weighted by atomic mass is 32.2. The topological polar surface area (TPSA) is 43.4 Å². The van der Waals surface area contributed by atoms with E-state index in [1.807, 2.05) is 25.1 Å². The number of Topliss-reactive ketones (excluding diaryl/α,β-unsaturated/α-hetero) is 1. The van der Waals surface area contributed by atoms with Crippen LogP contribution in [0.15, 0.2) is 59.5 Å². The van der Waals surface area contributed by atoms with Gasteiger partial charge in [-0.25, -0.2) is 0 Å². The summed E-state index contributed by atoms with van der Waals surface area (Å²) in [5, 5.41) is 0. The van der Waals surface area contributed by atoms with E-state index in [1.165, 1.54) is 0 Å². The molecular weight excluding hydrogens is 284 g/mol. The van der Waals surface area contributed by atoms with Crippen molar-refractivity contribution < 1.29 is 13.7 Å². The minimum Gasteiger partial charge on any atom is -0.494 e. The number of carbonyl (C=O) groups is 1. The first-order valence-electron chi connectivity index (χ1n) is 6.81. The van der Waals surface area contributed by atoms with Gasteiger partial charge in [0, 0.05) is 5.56 Å². The predicted molar refractivity (Wildman–Crippen MR) is 85.5 cm³/mol. The van der Waals surface area contributed by atoms with Gasteiger partial charge in [0.2, 0.25) is 5.78 Å². The van der Waals surface area contributed by atoms with Gasteiger partial charge in [0.05, 0.1) is 6.61 Å². The summed E-state index contributed by atoms with van der Waals surface area (Å²) < 4.78 is 18.0. The number of rotatable bonds is 6. The molecule has 0 spiro atoms. The van der Waals surface area contributed by atoms with Crippen LogP contribution in [0.5, 0.6) is 5.75 Å². The fourth-order valence-electron chi connectivity index (χ4n) is 2.03. The molecule has 4 heteroatoms. The molecule has 0 heterocycles. The van der Waals surface area contributed by atoms with E-state index < -0.39 is 9.93 Å². The quantitative estimate of drug-likeness (QED) is 0.606. The number of ether oxygens (including phenoxy) is 1. The minimum atomic E-state index is -2.36. The summed E-state index contributed by atoms with van der Waals surface area (Å²) in [6.07, 6.45) is 1.63. The summed E-state index contributed by atoms with van der Waals surface area (Å²) in [5.74, 6) is 0.633. The van der Waals surface area contributed by atoms with E-state index in [0.29, 0.717) is 17.1 Å². The average Bonchev–Trinajstić information content (AvgIpc) is 2.49. The van der Waals surface area contributed by atoms with Crippen LogP contribution in [0, 0.1) is 0 Å². The monoisotopic (exact) mass is 303 g/mol. The van der Waals surface area contributed by atoms with Crippen molar-refractivity contribution in [2.75, 3.05) is 18.6 Å². The Kier molecular flexibility index (Phi) is 4.91. The number of hydrogen-bond donors (Lipinski definition) is 0. The smallest absolute Gasteiger partial charge is 0.212 e. The third-order valence-corrected chi connectivity index (χ3v) is 5.22. The summed E-state index contributed by atoms with van der Waals surface area (Å²) in [5.41, 5.74) is 0.559. The maximum absolute atomic E-state index is 12.7. The van der Waals surface area contributed by atoms with Crippen LogP contribution in [0.4, 0.5) is 0 Å². The first-order chi connectivity index (χ1) is 10.0. The Morgan fingerprint density at radius 1 is 1.05 bits per heavy atom. The van der Waals surface area contributed by atoms with Gasteiger partial charge in [-0.3, -0.25) is 4.79 Å². The van der Waals surface area contributed by atoms with E-state index in [4.69, 9.17) is 4.74 Å². The molecule has 110 valence electrons. The van der Waals surface area contributed by atoms with Crippen molar-refractivity contribution in [3.8, 4) is 5.75 Å². The minimum absolute atomic E-state index is 0.0188. The number of ketones is 1. The molecule has 0 N–H and O–H groups in total. The van der Waals surface area contributed by atoms with Crippen LogP contribution >= 0.6 is 0 Å². The summed E-state index contributed by atoms with van der Waals surface area (Å²) in [4.78, 5) is 13.0. The van der Waals surface area contributed by atoms with Crippen molar-refractivity contribution in [3.63, 3.8) is 0 Å². The van der Waals surface area contributed by atoms with E-state index >= 15 is 0 Å². The Balaban J connectivity index is 2.12. The molecule has 0 bridgehead atoms. The average molecular weight is 303 g/mol. The van der Waals surface area contributed by atoms with E-state index in [9.17, 15) is 9.00 Å². The van der Waals surface area contributed by atoms with Crippen molar-refractivity contribution in [1.29, 1.82) is 0 Å². The zero-order chi connectivity index (χ0) is 15.3. The summed E-state index contributed by atoms with van der Waals surface area (Å²) >= 11 is 0. The van der Waals surface area contributed by atoms with Gasteiger partial charge < -0.3 is 4.74 Å². The molecule has 0 aliphatic rings. The third-order valence-electron chi connectivity index (χ3n) is 3.14. The Morgan fingerprint density at radius 2 is 1.67 bits per heavy atom. The van der Waals surface area contributed by atoms with Gasteiger partial charge in [0.15, 0.2) is 10.6 Å². The molecule has 1 unspecified atom stereocenters. The Morgan fingerprint density at radius 3 is 2.24 bits per heavy atom. The Bertz CT molecular complexity index is 647. The molecular formula is C17H19O3S+. The third kappa shape index (κ3) is 4.02. The molecule has 2 aromatic rings. The lowest BCUT2D eigenvalue weighted by atomic mass is 10.1. The van der Waals surface area contributed by atoms with Crippen molar-refractivity contribution >= 4 is 15.7 Å². The fraction of sp³-hybridized carbons (Fsp3) is 0.235. The molecule has 2 aromatic carbocycles. The fourth-order valence-corrected chi connectivity index (χ4v) is 3.60. The zero-order valence-corrected chi connectivity index (χ0v) is 13.1. The molecule has 0 radical (unpaired) electrons. The van der Waals surface area contributed by atoms with Crippen LogP contribution in [0.2, 0.25) is 0 Å². The summed E-state index contributed by atoms with van der Waals surface area (Å²) in [6.45, 7) is 2.50. The van der Waals surface area contributed by atoms with E-state index in [1.54, 1.807) is 42.7 Å². The zero-order valence-electron chi connectivity index (χ0n) is 12.2. The Hall–Kier alpha value is -1.94. The molecule has 2 rings (SSSR count). The lowest BCUT2D eigenvalue weighted by molar-refractivity contribution is 0.102. The lowest BCUT2D eigenvalue weighted by Crippen LogP contribution is -2.21. The van der Waals surface area contributed by atoms with Crippen LogP contribution < -0.4 is 4.74 Å². The molecule has 21 heavy (non-hydrogen) atoms. The standard InChI is InChI=1S/C17H19O3S/c1-3-20-15-11-9-14(10-12-15)17(18)13-21(2,19)16-7-5-4-6-8-16/h4-12H,3,13H2,1-2H3/q+1. The first kappa shape index (κ1) is 15.4. The molecule has 0 aromatic heterocycles. The highest BCUT2D eigenvalue weighted by molar-refractivity contribution is 8.03. The van der Waals surface area contributed by atoms with Gasteiger partial charge in [0.25, 0.3) is 0 Å². The van der Waals surface area contributed by atoms with Crippen LogP contribution in [-0.2, 0) is 14.1 Å². The second-order valence-corrected chi connectivity index (χ2v) is 7.61. The van der Waals surface area contributed by atoms with Gasteiger partial charge in [0.1, 0.15) is 21.9 Å². The van der Waals surface area contributed by atoms with E-state index in [2.05, 4.69) is 0 Å². The van der Waals surface area contributed by atoms with Crippen LogP contribution in [0.3, 0.4) is 0 Å². The highest BCUT2D eigenvalue weighted by Gasteiger charge is 2.29. The molecule has 1 atom stereocenters. The molecule has 0 aliphatic heterocycles. The number of benzene rings is 2. The van der Waals surface area contributed by atoms with Crippen LogP contribution in [0.25, 0.3) is 0 Å². The summed E-state index contributed by atoms with van der Waals surface area (Å²) in [7, 11) is -2.36. The molecule has 0 saturated carbocycles. The number of hydrogen-bond acceptors (Lipinski definition) is 3. The second-order valence-electron chi connectivity index (χ2n) is 4.84. The van der Waals surface area contributed by atoms with Gasteiger partial charge >= 0.3 is 0 Å². The molecule has 0 saturated heterocycles.